The Kier molecular flexibility index (Phi) is 3.67. The highest BCUT2D eigenvalue weighted by atomic mass is 16.2. The van der Waals surface area contributed by atoms with Crippen LogP contribution in [0.1, 0.15) is 66.7 Å². The van der Waals surface area contributed by atoms with Gasteiger partial charge in [0.2, 0.25) is 11.8 Å². The van der Waals surface area contributed by atoms with E-state index in [1.54, 1.807) is 4.90 Å². The molecule has 3 fully saturated rings. The van der Waals surface area contributed by atoms with E-state index in [1.807, 2.05) is 0 Å². The molecule has 2 saturated heterocycles. The molecule has 0 spiro atoms. The van der Waals surface area contributed by atoms with E-state index >= 15 is 0 Å². The summed E-state index contributed by atoms with van der Waals surface area (Å²) < 4.78 is 0. The first-order valence-electron chi connectivity index (χ1n) is 8.78. The molecule has 2 amide bonds. The number of fused-ring (bicyclic) bond motifs is 1. The Bertz CT molecular complexity index is 481. The lowest BCUT2D eigenvalue weighted by molar-refractivity contribution is -0.144. The maximum atomic E-state index is 13.0. The van der Waals surface area contributed by atoms with Crippen molar-refractivity contribution in [1.29, 1.82) is 0 Å². The van der Waals surface area contributed by atoms with Crippen molar-refractivity contribution in [3.63, 3.8) is 0 Å². The number of rotatable bonds is 1. The van der Waals surface area contributed by atoms with Gasteiger partial charge in [0, 0.05) is 17.1 Å². The van der Waals surface area contributed by atoms with E-state index in [-0.39, 0.29) is 40.8 Å². The summed E-state index contributed by atoms with van der Waals surface area (Å²) in [5, 5.41) is 3.64. The van der Waals surface area contributed by atoms with Crippen LogP contribution in [0.5, 0.6) is 0 Å². The number of carbonyl (C=O) groups excluding carboxylic acids is 2. The molecule has 0 radical (unpaired) electrons. The third kappa shape index (κ3) is 2.60. The average molecular weight is 306 g/mol. The van der Waals surface area contributed by atoms with Crippen LogP contribution in [0.2, 0.25) is 0 Å². The van der Waals surface area contributed by atoms with Crippen molar-refractivity contribution >= 4 is 11.8 Å². The fraction of sp³-hybridized carbons (Fsp3) is 0.889. The summed E-state index contributed by atoms with van der Waals surface area (Å²) in [7, 11) is 0. The number of nitrogens with zero attached hydrogens (tertiary/aromatic N) is 1. The largest absolute Gasteiger partial charge is 0.307 e. The zero-order valence-corrected chi connectivity index (χ0v) is 14.6. The fourth-order valence-electron chi connectivity index (χ4n) is 5.37. The lowest BCUT2D eigenvalue weighted by Gasteiger charge is -2.48. The van der Waals surface area contributed by atoms with Gasteiger partial charge in [-0.3, -0.25) is 14.5 Å². The van der Waals surface area contributed by atoms with Crippen molar-refractivity contribution in [2.45, 2.75) is 83.8 Å². The van der Waals surface area contributed by atoms with Gasteiger partial charge in [0.1, 0.15) is 0 Å². The molecule has 22 heavy (non-hydrogen) atoms. The van der Waals surface area contributed by atoms with Crippen LogP contribution in [0.4, 0.5) is 0 Å². The first-order valence-corrected chi connectivity index (χ1v) is 8.78. The van der Waals surface area contributed by atoms with E-state index in [0.29, 0.717) is 5.92 Å². The van der Waals surface area contributed by atoms with Gasteiger partial charge >= 0.3 is 0 Å². The topological polar surface area (TPSA) is 49.4 Å². The van der Waals surface area contributed by atoms with Gasteiger partial charge in [-0.2, -0.15) is 0 Å². The quantitative estimate of drug-likeness (QED) is 0.758. The van der Waals surface area contributed by atoms with Crippen LogP contribution in [0.3, 0.4) is 0 Å². The number of carbonyl (C=O) groups is 2. The maximum Gasteiger partial charge on any atom is 0.233 e. The van der Waals surface area contributed by atoms with Gasteiger partial charge in [0.05, 0.1) is 11.8 Å². The van der Waals surface area contributed by atoms with Crippen molar-refractivity contribution in [2.75, 3.05) is 0 Å². The molecule has 0 aromatic carbocycles. The van der Waals surface area contributed by atoms with E-state index in [4.69, 9.17) is 0 Å². The Morgan fingerprint density at radius 3 is 2.14 bits per heavy atom. The highest BCUT2D eigenvalue weighted by Gasteiger charge is 2.54. The lowest BCUT2D eigenvalue weighted by atomic mass is 9.74. The second-order valence-electron chi connectivity index (χ2n) is 9.04. The standard InChI is InChI=1S/C18H30N2O2/c1-11-7-6-8-13-14(11)16(22)20(15(13)21)12-9-17(2,3)19-18(4,5)10-12/h11-14,19H,6-10H2,1-5H3. The normalized spacial score (nSPS) is 38.2. The zero-order valence-electron chi connectivity index (χ0n) is 14.6. The molecule has 1 saturated carbocycles. The predicted octanol–water partition coefficient (Wildman–Crippen LogP) is 2.72. The number of piperidine rings is 1. The summed E-state index contributed by atoms with van der Waals surface area (Å²) in [6.07, 6.45) is 4.76. The van der Waals surface area contributed by atoms with Gasteiger partial charge in [0.15, 0.2) is 0 Å². The first kappa shape index (κ1) is 16.0. The first-order chi connectivity index (χ1) is 10.1. The predicted molar refractivity (Wildman–Crippen MR) is 86.2 cm³/mol. The molecule has 1 N–H and O–H groups in total. The van der Waals surface area contributed by atoms with Crippen LogP contribution < -0.4 is 5.32 Å². The second-order valence-corrected chi connectivity index (χ2v) is 9.04. The van der Waals surface area contributed by atoms with Crippen molar-refractivity contribution in [1.82, 2.24) is 10.2 Å². The summed E-state index contributed by atoms with van der Waals surface area (Å²) in [6.45, 7) is 10.8. The Hall–Kier alpha value is -0.900. The maximum absolute atomic E-state index is 13.0. The Labute approximate surface area is 134 Å². The van der Waals surface area contributed by atoms with Gasteiger partial charge in [-0.15, -0.1) is 0 Å². The van der Waals surface area contributed by atoms with Gasteiger partial charge in [-0.05, 0) is 59.3 Å². The smallest absolute Gasteiger partial charge is 0.233 e. The molecule has 4 nitrogen and oxygen atoms in total. The SMILES string of the molecule is CC1CCCC2C(=O)N(C3CC(C)(C)NC(C)(C)C3)C(=O)C12. The number of hydrogen-bond acceptors (Lipinski definition) is 3. The Morgan fingerprint density at radius 1 is 1.00 bits per heavy atom. The molecular formula is C18H30N2O2. The second kappa shape index (κ2) is 5.05. The average Bonchev–Trinajstić information content (AvgIpc) is 2.59. The summed E-state index contributed by atoms with van der Waals surface area (Å²) in [5.74, 6) is 0.475. The van der Waals surface area contributed by atoms with E-state index in [2.05, 4.69) is 39.9 Å². The van der Waals surface area contributed by atoms with Crippen LogP contribution in [0, 0.1) is 17.8 Å². The van der Waals surface area contributed by atoms with E-state index in [0.717, 1.165) is 32.1 Å². The highest BCUT2D eigenvalue weighted by molar-refractivity contribution is 6.05. The zero-order chi connectivity index (χ0) is 16.3. The molecule has 0 bridgehead atoms. The molecular weight excluding hydrogens is 276 g/mol. The van der Waals surface area contributed by atoms with Crippen LogP contribution in [-0.4, -0.2) is 33.8 Å². The number of amides is 2. The van der Waals surface area contributed by atoms with Crippen LogP contribution in [0.15, 0.2) is 0 Å². The number of hydrogen-bond donors (Lipinski definition) is 1. The van der Waals surface area contributed by atoms with Gasteiger partial charge in [-0.1, -0.05) is 13.3 Å². The molecule has 4 heteroatoms. The molecule has 2 heterocycles. The third-order valence-electron chi connectivity index (χ3n) is 5.83. The fourth-order valence-corrected chi connectivity index (χ4v) is 5.37. The molecule has 1 aliphatic carbocycles. The van der Waals surface area contributed by atoms with E-state index in [1.165, 1.54) is 0 Å². The number of imide groups is 1. The molecule has 3 atom stereocenters. The number of nitrogens with one attached hydrogen (secondary N) is 1. The minimum Gasteiger partial charge on any atom is -0.307 e. The van der Waals surface area contributed by atoms with Gasteiger partial charge in [0.25, 0.3) is 0 Å². The van der Waals surface area contributed by atoms with Gasteiger partial charge < -0.3 is 5.32 Å². The summed E-state index contributed by atoms with van der Waals surface area (Å²) in [4.78, 5) is 27.5. The minimum absolute atomic E-state index is 0.0441. The molecule has 2 aliphatic heterocycles. The van der Waals surface area contributed by atoms with Crippen molar-refractivity contribution in [3.8, 4) is 0 Å². The minimum atomic E-state index is -0.0534. The highest BCUT2D eigenvalue weighted by Crippen LogP contribution is 2.44. The summed E-state index contributed by atoms with van der Waals surface area (Å²) in [5.41, 5.74) is -0.0985. The molecule has 124 valence electrons. The van der Waals surface area contributed by atoms with Crippen LogP contribution in [-0.2, 0) is 9.59 Å². The molecule has 0 aromatic rings. The third-order valence-corrected chi connectivity index (χ3v) is 5.83. The Balaban J connectivity index is 1.88. The van der Waals surface area contributed by atoms with Crippen molar-refractivity contribution < 1.29 is 9.59 Å². The van der Waals surface area contributed by atoms with Crippen LogP contribution in [0.25, 0.3) is 0 Å². The monoisotopic (exact) mass is 306 g/mol. The lowest BCUT2D eigenvalue weighted by Crippen LogP contribution is -2.63. The molecule has 3 unspecified atom stereocenters. The van der Waals surface area contributed by atoms with E-state index < -0.39 is 0 Å². The molecule has 3 aliphatic rings. The van der Waals surface area contributed by atoms with E-state index in [9.17, 15) is 9.59 Å². The summed E-state index contributed by atoms with van der Waals surface area (Å²) >= 11 is 0. The van der Waals surface area contributed by atoms with Crippen molar-refractivity contribution in [2.24, 2.45) is 17.8 Å². The Morgan fingerprint density at radius 2 is 1.59 bits per heavy atom. The summed E-state index contributed by atoms with van der Waals surface area (Å²) in [6, 6.07) is 0.0454. The van der Waals surface area contributed by atoms with Crippen molar-refractivity contribution in [3.05, 3.63) is 0 Å². The molecule has 0 aromatic heterocycles. The molecule has 3 rings (SSSR count). The van der Waals surface area contributed by atoms with Crippen LogP contribution >= 0.6 is 0 Å². The van der Waals surface area contributed by atoms with Gasteiger partial charge in [-0.25, -0.2) is 0 Å². The number of likely N-dealkylation sites (tertiary alicyclic amines) is 1.